The average Bonchev–Trinajstić information content (AvgIpc) is 3.40. The second kappa shape index (κ2) is 8.38. The fourth-order valence-electron chi connectivity index (χ4n) is 4.97. The predicted molar refractivity (Wildman–Crippen MR) is 113 cm³/mol. The van der Waals surface area contributed by atoms with Gasteiger partial charge in [0.05, 0.1) is 5.60 Å². The number of nitrogens with zero attached hydrogens (tertiary/aromatic N) is 2. The van der Waals surface area contributed by atoms with Crippen molar-refractivity contribution in [2.75, 3.05) is 31.6 Å². The molecule has 1 spiro atoms. The molecule has 3 fully saturated rings. The molecule has 0 radical (unpaired) electrons. The zero-order valence-corrected chi connectivity index (χ0v) is 17.9. The quantitative estimate of drug-likeness (QED) is 0.826. The number of carbonyl (C=O) groups is 3. The smallest absolute Gasteiger partial charge is 0.253 e. The van der Waals surface area contributed by atoms with Crippen LogP contribution in [0.5, 0.6) is 0 Å². The van der Waals surface area contributed by atoms with Crippen LogP contribution in [0.15, 0.2) is 18.2 Å². The van der Waals surface area contributed by atoms with E-state index in [1.54, 1.807) is 11.0 Å². The molecule has 7 heteroatoms. The maximum Gasteiger partial charge on any atom is 0.253 e. The van der Waals surface area contributed by atoms with Crippen molar-refractivity contribution in [3.63, 3.8) is 0 Å². The molecule has 0 aromatic heterocycles. The first-order valence-electron chi connectivity index (χ1n) is 11.0. The molecule has 0 bridgehead atoms. The zero-order chi connectivity index (χ0) is 21.3. The molecule has 3 amide bonds. The minimum Gasteiger partial charge on any atom is -0.375 e. The summed E-state index contributed by atoms with van der Waals surface area (Å²) in [5.41, 5.74) is 2.08. The van der Waals surface area contributed by atoms with Crippen LogP contribution in [-0.2, 0) is 14.3 Å². The number of anilines is 1. The number of rotatable bonds is 3. The van der Waals surface area contributed by atoms with E-state index in [9.17, 15) is 14.4 Å². The Labute approximate surface area is 177 Å². The van der Waals surface area contributed by atoms with Crippen LogP contribution < -0.4 is 5.32 Å². The van der Waals surface area contributed by atoms with E-state index >= 15 is 0 Å². The summed E-state index contributed by atoms with van der Waals surface area (Å²) in [5, 5.41) is 2.95. The van der Waals surface area contributed by atoms with Crippen LogP contribution in [0.25, 0.3) is 0 Å². The summed E-state index contributed by atoms with van der Waals surface area (Å²) >= 11 is 0. The summed E-state index contributed by atoms with van der Waals surface area (Å²) in [5.74, 6) is -0.277. The van der Waals surface area contributed by atoms with Gasteiger partial charge in [0.15, 0.2) is 0 Å². The molecule has 1 N–H and O–H groups in total. The molecule has 0 unspecified atom stereocenters. The number of piperidine rings is 1. The molecule has 0 saturated carbocycles. The SMILES string of the molecule is CC(=O)N1CCC[C@H]1C(=O)Nc1cc(C(=O)N2CCC3(CCCO3)CC2)ccc1C. The van der Waals surface area contributed by atoms with Crippen molar-refractivity contribution in [3.8, 4) is 0 Å². The number of carbonyl (C=O) groups excluding carboxylic acids is 3. The lowest BCUT2D eigenvalue weighted by Gasteiger charge is -2.38. The van der Waals surface area contributed by atoms with Crippen molar-refractivity contribution in [1.29, 1.82) is 0 Å². The summed E-state index contributed by atoms with van der Waals surface area (Å²) in [6.45, 7) is 6.25. The zero-order valence-electron chi connectivity index (χ0n) is 17.9. The largest absolute Gasteiger partial charge is 0.375 e. The Morgan fingerprint density at radius 3 is 2.53 bits per heavy atom. The monoisotopic (exact) mass is 413 g/mol. The maximum absolute atomic E-state index is 13.1. The molecule has 3 heterocycles. The summed E-state index contributed by atoms with van der Waals surface area (Å²) < 4.78 is 5.95. The van der Waals surface area contributed by atoms with Crippen LogP contribution in [0.3, 0.4) is 0 Å². The van der Waals surface area contributed by atoms with Gasteiger partial charge >= 0.3 is 0 Å². The highest BCUT2D eigenvalue weighted by Gasteiger charge is 2.39. The first-order valence-corrected chi connectivity index (χ1v) is 11.0. The van der Waals surface area contributed by atoms with Gasteiger partial charge in [-0.1, -0.05) is 6.07 Å². The van der Waals surface area contributed by atoms with Crippen molar-refractivity contribution in [2.45, 2.75) is 64.0 Å². The molecular formula is C23H31N3O4. The number of aryl methyl sites for hydroxylation is 1. The van der Waals surface area contributed by atoms with Gasteiger partial charge in [-0.15, -0.1) is 0 Å². The molecule has 3 aliphatic rings. The number of amides is 3. The molecule has 3 aliphatic heterocycles. The third kappa shape index (κ3) is 4.08. The van der Waals surface area contributed by atoms with E-state index < -0.39 is 6.04 Å². The lowest BCUT2D eigenvalue weighted by molar-refractivity contribution is -0.134. The molecule has 3 saturated heterocycles. The van der Waals surface area contributed by atoms with Crippen LogP contribution in [0.4, 0.5) is 5.69 Å². The Morgan fingerprint density at radius 2 is 1.87 bits per heavy atom. The lowest BCUT2D eigenvalue weighted by atomic mass is 9.88. The van der Waals surface area contributed by atoms with Gasteiger partial charge in [0.2, 0.25) is 11.8 Å². The van der Waals surface area contributed by atoms with E-state index in [0.29, 0.717) is 37.3 Å². The van der Waals surface area contributed by atoms with Gasteiger partial charge in [0.1, 0.15) is 6.04 Å². The minimum absolute atomic E-state index is 0.00965. The third-order valence-corrected chi connectivity index (χ3v) is 6.85. The fraction of sp³-hybridized carbons (Fsp3) is 0.609. The Kier molecular flexibility index (Phi) is 5.82. The molecule has 162 valence electrons. The number of hydrogen-bond acceptors (Lipinski definition) is 4. The number of ether oxygens (including phenoxy) is 1. The third-order valence-electron chi connectivity index (χ3n) is 6.85. The van der Waals surface area contributed by atoms with E-state index in [0.717, 1.165) is 44.3 Å². The van der Waals surface area contributed by atoms with Crippen LogP contribution in [0.1, 0.15) is 61.4 Å². The molecule has 1 aromatic carbocycles. The number of nitrogens with one attached hydrogen (secondary N) is 1. The Bertz CT molecular complexity index is 837. The highest BCUT2D eigenvalue weighted by molar-refractivity contribution is 6.00. The fourth-order valence-corrected chi connectivity index (χ4v) is 4.97. The van der Waals surface area contributed by atoms with E-state index in [1.807, 2.05) is 24.0 Å². The van der Waals surface area contributed by atoms with Crippen molar-refractivity contribution in [1.82, 2.24) is 9.80 Å². The lowest BCUT2D eigenvalue weighted by Crippen LogP contribution is -2.46. The van der Waals surface area contributed by atoms with Gasteiger partial charge in [-0.3, -0.25) is 14.4 Å². The second-order valence-corrected chi connectivity index (χ2v) is 8.82. The van der Waals surface area contributed by atoms with Gasteiger partial charge < -0.3 is 19.9 Å². The van der Waals surface area contributed by atoms with Gasteiger partial charge in [0, 0.05) is 44.4 Å². The van der Waals surface area contributed by atoms with Crippen LogP contribution >= 0.6 is 0 Å². The Balaban J connectivity index is 1.43. The van der Waals surface area contributed by atoms with E-state index in [1.165, 1.54) is 6.92 Å². The van der Waals surface area contributed by atoms with E-state index in [2.05, 4.69) is 5.32 Å². The second-order valence-electron chi connectivity index (χ2n) is 8.82. The van der Waals surface area contributed by atoms with Crippen LogP contribution in [-0.4, -0.2) is 65.4 Å². The summed E-state index contributed by atoms with van der Waals surface area (Å²) in [4.78, 5) is 41.1. The van der Waals surface area contributed by atoms with Gasteiger partial charge in [-0.05, 0) is 63.1 Å². The predicted octanol–water partition coefficient (Wildman–Crippen LogP) is 2.73. The molecular weight excluding hydrogens is 382 g/mol. The standard InChI is InChI=1S/C23H31N3O4/c1-16-6-7-18(22(29)25-12-9-23(10-13-25)8-4-14-30-23)15-19(16)24-21(28)20-5-3-11-26(20)17(2)27/h6-7,15,20H,3-5,8-14H2,1-2H3,(H,24,28)/t20-/m0/s1. The number of benzene rings is 1. The molecule has 30 heavy (non-hydrogen) atoms. The highest BCUT2D eigenvalue weighted by Crippen LogP contribution is 2.36. The van der Waals surface area contributed by atoms with Crippen LogP contribution in [0.2, 0.25) is 0 Å². The molecule has 1 atom stereocenters. The number of hydrogen-bond donors (Lipinski definition) is 1. The van der Waals surface area contributed by atoms with Crippen LogP contribution in [0, 0.1) is 6.92 Å². The number of likely N-dealkylation sites (tertiary alicyclic amines) is 2. The highest BCUT2D eigenvalue weighted by atomic mass is 16.5. The summed E-state index contributed by atoms with van der Waals surface area (Å²) in [6, 6.07) is 5.01. The van der Waals surface area contributed by atoms with E-state index in [4.69, 9.17) is 4.74 Å². The Morgan fingerprint density at radius 1 is 1.10 bits per heavy atom. The van der Waals surface area contributed by atoms with E-state index in [-0.39, 0.29) is 23.3 Å². The normalized spacial score (nSPS) is 23.1. The molecule has 0 aliphatic carbocycles. The molecule has 4 rings (SSSR count). The first-order chi connectivity index (χ1) is 14.4. The van der Waals surface area contributed by atoms with Crippen molar-refractivity contribution in [3.05, 3.63) is 29.3 Å². The minimum atomic E-state index is -0.439. The summed E-state index contributed by atoms with van der Waals surface area (Å²) in [6.07, 6.45) is 5.47. The Hall–Kier alpha value is -2.41. The average molecular weight is 414 g/mol. The first kappa shape index (κ1) is 20.8. The van der Waals surface area contributed by atoms with Crippen molar-refractivity contribution in [2.24, 2.45) is 0 Å². The molecule has 7 nitrogen and oxygen atoms in total. The van der Waals surface area contributed by atoms with Crippen molar-refractivity contribution >= 4 is 23.4 Å². The van der Waals surface area contributed by atoms with Crippen molar-refractivity contribution < 1.29 is 19.1 Å². The topological polar surface area (TPSA) is 79.0 Å². The van der Waals surface area contributed by atoms with Gasteiger partial charge in [-0.25, -0.2) is 0 Å². The van der Waals surface area contributed by atoms with Gasteiger partial charge in [0.25, 0.3) is 5.91 Å². The van der Waals surface area contributed by atoms with Gasteiger partial charge in [-0.2, -0.15) is 0 Å². The maximum atomic E-state index is 13.1. The molecule has 1 aromatic rings. The summed E-state index contributed by atoms with van der Waals surface area (Å²) in [7, 11) is 0.